The average Bonchev–Trinajstić information content (AvgIpc) is 2.46. The van der Waals surface area contributed by atoms with E-state index in [9.17, 15) is 0 Å². The normalized spacial score (nSPS) is 12.0. The summed E-state index contributed by atoms with van der Waals surface area (Å²) in [4.78, 5) is 0. The highest BCUT2D eigenvalue weighted by atomic mass is 28.4. The Balaban J connectivity index is 3.35. The van der Waals surface area contributed by atoms with Crippen molar-refractivity contribution >= 4 is 8.80 Å². The Morgan fingerprint density at radius 1 is 0.737 bits per heavy atom. The third kappa shape index (κ3) is 9.57. The number of hydrogen-bond acceptors (Lipinski definition) is 4. The number of rotatable bonds is 14. The standard InChI is InChI=1S/C14H33NO3Si/c1-5-6-7-8-9-10-12-15-13-11-14-19(16-2,17-3)18-4/h15H,5-14H2,1-4H3. The smallest absolute Gasteiger partial charge is 0.377 e. The second-order valence-corrected chi connectivity index (χ2v) is 8.01. The quantitative estimate of drug-likeness (QED) is 0.394. The van der Waals surface area contributed by atoms with Crippen molar-refractivity contribution in [1.29, 1.82) is 0 Å². The van der Waals surface area contributed by atoms with E-state index < -0.39 is 8.80 Å². The third-order valence-corrected chi connectivity index (χ3v) is 6.31. The summed E-state index contributed by atoms with van der Waals surface area (Å²) in [5, 5.41) is 3.48. The molecule has 0 aliphatic rings. The van der Waals surface area contributed by atoms with Gasteiger partial charge in [0.2, 0.25) is 0 Å². The molecule has 0 saturated carbocycles. The van der Waals surface area contributed by atoms with Gasteiger partial charge in [-0.1, -0.05) is 39.0 Å². The minimum atomic E-state index is -2.35. The lowest BCUT2D eigenvalue weighted by Gasteiger charge is -2.24. The summed E-state index contributed by atoms with van der Waals surface area (Å²) in [5.74, 6) is 0. The Bertz CT molecular complexity index is 181. The van der Waals surface area contributed by atoms with Crippen LogP contribution < -0.4 is 5.32 Å². The molecule has 0 rings (SSSR count). The second-order valence-electron chi connectivity index (χ2n) is 4.92. The van der Waals surface area contributed by atoms with Gasteiger partial charge in [0.1, 0.15) is 0 Å². The highest BCUT2D eigenvalue weighted by Crippen LogP contribution is 2.14. The van der Waals surface area contributed by atoms with Gasteiger partial charge in [-0.15, -0.1) is 0 Å². The maximum Gasteiger partial charge on any atom is 0.500 e. The van der Waals surface area contributed by atoms with Gasteiger partial charge in [-0.3, -0.25) is 0 Å². The number of hydrogen-bond donors (Lipinski definition) is 1. The fraction of sp³-hybridized carbons (Fsp3) is 1.00. The van der Waals surface area contributed by atoms with E-state index in [2.05, 4.69) is 12.2 Å². The molecule has 116 valence electrons. The van der Waals surface area contributed by atoms with Crippen molar-refractivity contribution < 1.29 is 13.3 Å². The van der Waals surface area contributed by atoms with Gasteiger partial charge in [0, 0.05) is 27.4 Å². The molecule has 0 aromatic carbocycles. The monoisotopic (exact) mass is 291 g/mol. The van der Waals surface area contributed by atoms with E-state index in [-0.39, 0.29) is 0 Å². The zero-order chi connectivity index (χ0) is 14.4. The van der Waals surface area contributed by atoms with Crippen molar-refractivity contribution in [3.8, 4) is 0 Å². The van der Waals surface area contributed by atoms with Gasteiger partial charge >= 0.3 is 8.80 Å². The zero-order valence-electron chi connectivity index (χ0n) is 13.3. The molecule has 5 heteroatoms. The van der Waals surface area contributed by atoms with Gasteiger partial charge in [-0.25, -0.2) is 0 Å². The lowest BCUT2D eigenvalue weighted by atomic mass is 10.1. The van der Waals surface area contributed by atoms with E-state index >= 15 is 0 Å². The molecule has 0 aliphatic carbocycles. The van der Waals surface area contributed by atoms with Crippen molar-refractivity contribution in [3.05, 3.63) is 0 Å². The molecule has 0 saturated heterocycles. The fourth-order valence-corrected chi connectivity index (χ4v) is 3.86. The lowest BCUT2D eigenvalue weighted by Crippen LogP contribution is -2.43. The first-order chi connectivity index (χ1) is 9.24. The Kier molecular flexibility index (Phi) is 13.1. The first kappa shape index (κ1) is 19.1. The molecular weight excluding hydrogens is 258 g/mol. The van der Waals surface area contributed by atoms with E-state index in [0.717, 1.165) is 25.6 Å². The van der Waals surface area contributed by atoms with Crippen molar-refractivity contribution in [1.82, 2.24) is 5.32 Å². The third-order valence-electron chi connectivity index (χ3n) is 3.48. The minimum absolute atomic E-state index is 0.875. The molecule has 0 fully saturated rings. The molecule has 0 unspecified atom stereocenters. The SMILES string of the molecule is CCCCCCCCNCCC[Si](OC)(OC)OC. The van der Waals surface area contributed by atoms with Gasteiger partial charge < -0.3 is 18.6 Å². The van der Waals surface area contributed by atoms with E-state index in [4.69, 9.17) is 13.3 Å². The summed E-state index contributed by atoms with van der Waals surface area (Å²) in [7, 11) is 2.66. The summed E-state index contributed by atoms with van der Waals surface area (Å²) in [5.41, 5.74) is 0. The predicted octanol–water partition coefficient (Wildman–Crippen LogP) is 3.20. The Hall–Kier alpha value is 0.0569. The molecule has 1 N–H and O–H groups in total. The van der Waals surface area contributed by atoms with Gasteiger partial charge in [0.25, 0.3) is 0 Å². The molecule has 4 nitrogen and oxygen atoms in total. The van der Waals surface area contributed by atoms with Crippen molar-refractivity contribution in [2.75, 3.05) is 34.4 Å². The molecule has 0 spiro atoms. The number of unbranched alkanes of at least 4 members (excludes halogenated alkanes) is 5. The van der Waals surface area contributed by atoms with Crippen LogP contribution in [0.4, 0.5) is 0 Å². The predicted molar refractivity (Wildman–Crippen MR) is 82.5 cm³/mol. The van der Waals surface area contributed by atoms with E-state index in [1.807, 2.05) is 0 Å². The highest BCUT2D eigenvalue weighted by molar-refractivity contribution is 6.60. The molecule has 19 heavy (non-hydrogen) atoms. The van der Waals surface area contributed by atoms with Crippen LogP contribution >= 0.6 is 0 Å². The summed E-state index contributed by atoms with van der Waals surface area (Å²) in [6.07, 6.45) is 9.14. The molecule has 0 aromatic rings. The van der Waals surface area contributed by atoms with Crippen LogP contribution in [-0.4, -0.2) is 43.2 Å². The summed E-state index contributed by atoms with van der Waals surface area (Å²) >= 11 is 0. The Morgan fingerprint density at radius 2 is 1.26 bits per heavy atom. The van der Waals surface area contributed by atoms with E-state index in [1.165, 1.54) is 38.5 Å². The Morgan fingerprint density at radius 3 is 1.84 bits per heavy atom. The summed E-state index contributed by atoms with van der Waals surface area (Å²) in [6, 6.07) is 0.875. The molecular formula is C14H33NO3Si. The van der Waals surface area contributed by atoms with Crippen LogP contribution in [0.2, 0.25) is 6.04 Å². The minimum Gasteiger partial charge on any atom is -0.377 e. The van der Waals surface area contributed by atoms with Crippen LogP contribution in [0, 0.1) is 0 Å². The number of nitrogens with one attached hydrogen (secondary N) is 1. The largest absolute Gasteiger partial charge is 0.500 e. The van der Waals surface area contributed by atoms with Crippen LogP contribution in [0.5, 0.6) is 0 Å². The molecule has 0 aliphatic heterocycles. The van der Waals surface area contributed by atoms with E-state index in [1.54, 1.807) is 21.3 Å². The van der Waals surface area contributed by atoms with Crippen molar-refractivity contribution in [3.63, 3.8) is 0 Å². The molecule has 0 bridgehead atoms. The van der Waals surface area contributed by atoms with Crippen LogP contribution in [0.3, 0.4) is 0 Å². The van der Waals surface area contributed by atoms with Crippen LogP contribution in [0.25, 0.3) is 0 Å². The average molecular weight is 292 g/mol. The Labute approximate surface area is 120 Å². The fourth-order valence-electron chi connectivity index (χ4n) is 2.14. The van der Waals surface area contributed by atoms with Gasteiger partial charge in [-0.2, -0.15) is 0 Å². The van der Waals surface area contributed by atoms with Crippen molar-refractivity contribution in [2.24, 2.45) is 0 Å². The maximum absolute atomic E-state index is 5.39. The van der Waals surface area contributed by atoms with Gasteiger partial charge in [0.05, 0.1) is 0 Å². The maximum atomic E-state index is 5.39. The van der Waals surface area contributed by atoms with E-state index in [0.29, 0.717) is 0 Å². The van der Waals surface area contributed by atoms with Crippen LogP contribution in [0.15, 0.2) is 0 Å². The van der Waals surface area contributed by atoms with Gasteiger partial charge in [0.15, 0.2) is 0 Å². The summed E-state index contributed by atoms with van der Waals surface area (Å²) in [6.45, 7) is 4.39. The zero-order valence-corrected chi connectivity index (χ0v) is 14.3. The lowest BCUT2D eigenvalue weighted by molar-refractivity contribution is 0.123. The topological polar surface area (TPSA) is 39.7 Å². The molecule has 0 heterocycles. The molecule has 0 atom stereocenters. The first-order valence-electron chi connectivity index (χ1n) is 7.60. The van der Waals surface area contributed by atoms with Crippen molar-refractivity contribution in [2.45, 2.75) is 57.9 Å². The van der Waals surface area contributed by atoms with Crippen LogP contribution in [0.1, 0.15) is 51.9 Å². The molecule has 0 aromatic heterocycles. The first-order valence-corrected chi connectivity index (χ1v) is 9.54. The van der Waals surface area contributed by atoms with Crippen LogP contribution in [-0.2, 0) is 13.3 Å². The molecule has 0 radical (unpaired) electrons. The molecule has 0 amide bonds. The second kappa shape index (κ2) is 13.1. The van der Waals surface area contributed by atoms with Gasteiger partial charge in [-0.05, 0) is 25.9 Å². The highest BCUT2D eigenvalue weighted by Gasteiger charge is 2.36. The summed E-state index contributed by atoms with van der Waals surface area (Å²) < 4.78 is 16.2.